The van der Waals surface area contributed by atoms with Crippen molar-refractivity contribution in [2.75, 3.05) is 19.7 Å². The fraction of sp³-hybridized carbons (Fsp3) is 0.409. The molecule has 0 bridgehead atoms. The Labute approximate surface area is 193 Å². The first-order chi connectivity index (χ1) is 13.9. The van der Waals surface area contributed by atoms with Crippen LogP contribution in [0, 0.1) is 0 Å². The average Bonchev–Trinajstić information content (AvgIpc) is 3.37. The van der Waals surface area contributed by atoms with Crippen LogP contribution in [-0.2, 0) is 5.60 Å². The second kappa shape index (κ2) is 10.7. The fourth-order valence-electron chi connectivity index (χ4n) is 3.03. The molecule has 3 N–H and O–H groups in total. The predicted molar refractivity (Wildman–Crippen MR) is 129 cm³/mol. The minimum absolute atomic E-state index is 0. The number of rotatable bonds is 8. The molecule has 7 nitrogen and oxygen atoms in total. The van der Waals surface area contributed by atoms with E-state index < -0.39 is 5.60 Å². The molecule has 0 saturated heterocycles. The molecule has 0 aliphatic carbocycles. The first-order valence-corrected chi connectivity index (χ1v) is 9.91. The Kier molecular flexibility index (Phi) is 8.60. The van der Waals surface area contributed by atoms with Gasteiger partial charge in [-0.05, 0) is 52.0 Å². The van der Waals surface area contributed by atoms with Gasteiger partial charge in [0.2, 0.25) is 0 Å². The summed E-state index contributed by atoms with van der Waals surface area (Å²) in [4.78, 5) is 4.53. The highest BCUT2D eigenvalue weighted by molar-refractivity contribution is 14.0. The molecule has 3 rings (SSSR count). The van der Waals surface area contributed by atoms with E-state index in [0.29, 0.717) is 24.9 Å². The second-order valence-corrected chi connectivity index (χ2v) is 7.07. The number of hydrogen-bond acceptors (Lipinski definition) is 5. The average molecular weight is 527 g/mol. The van der Waals surface area contributed by atoms with Gasteiger partial charge >= 0.3 is 0 Å². The molecule has 8 heteroatoms. The summed E-state index contributed by atoms with van der Waals surface area (Å²) in [5, 5.41) is 18.1. The predicted octanol–water partition coefficient (Wildman–Crippen LogP) is 4.57. The van der Waals surface area contributed by atoms with E-state index in [2.05, 4.69) is 15.6 Å². The summed E-state index contributed by atoms with van der Waals surface area (Å²) < 4.78 is 17.0. The van der Waals surface area contributed by atoms with Crippen LogP contribution in [0.5, 0.6) is 5.75 Å². The van der Waals surface area contributed by atoms with Gasteiger partial charge in [-0.3, -0.25) is 0 Å². The third kappa shape index (κ3) is 5.69. The number of ether oxygens (including phenoxy) is 1. The summed E-state index contributed by atoms with van der Waals surface area (Å²) in [6, 6.07) is 11.2. The Morgan fingerprint density at radius 3 is 2.73 bits per heavy atom. The Hall–Kier alpha value is -2.20. The van der Waals surface area contributed by atoms with E-state index in [-0.39, 0.29) is 36.6 Å². The van der Waals surface area contributed by atoms with Gasteiger partial charge in [-0.1, -0.05) is 12.1 Å². The van der Waals surface area contributed by atoms with Gasteiger partial charge in [0.1, 0.15) is 17.1 Å². The summed E-state index contributed by atoms with van der Waals surface area (Å²) in [6.07, 6.45) is 1.54. The molecule has 3 aromatic rings. The largest absolute Gasteiger partial charge is 0.490 e. The lowest BCUT2D eigenvalue weighted by Crippen LogP contribution is -2.40. The molecule has 2 heterocycles. The third-order valence-electron chi connectivity index (χ3n) is 4.55. The van der Waals surface area contributed by atoms with Gasteiger partial charge in [0, 0.05) is 11.9 Å². The first-order valence-electron chi connectivity index (χ1n) is 9.91. The Morgan fingerprint density at radius 2 is 2.07 bits per heavy atom. The first kappa shape index (κ1) is 24.1. The highest BCUT2D eigenvalue weighted by Gasteiger charge is 2.26. The Morgan fingerprint density at radius 1 is 1.27 bits per heavy atom. The van der Waals surface area contributed by atoms with Crippen LogP contribution in [0.1, 0.15) is 45.3 Å². The lowest BCUT2D eigenvalue weighted by Gasteiger charge is -2.21. The van der Waals surface area contributed by atoms with Crippen LogP contribution in [0.4, 0.5) is 0 Å². The minimum atomic E-state index is -1.19. The molecule has 0 spiro atoms. The van der Waals surface area contributed by atoms with Gasteiger partial charge in [0.15, 0.2) is 17.3 Å². The van der Waals surface area contributed by atoms with E-state index in [4.69, 9.17) is 13.6 Å². The van der Waals surface area contributed by atoms with Crippen molar-refractivity contribution in [1.82, 2.24) is 10.6 Å². The maximum absolute atomic E-state index is 10.6. The normalized spacial score (nSPS) is 14.6. The van der Waals surface area contributed by atoms with E-state index in [9.17, 15) is 5.11 Å². The van der Waals surface area contributed by atoms with Crippen molar-refractivity contribution in [2.45, 2.75) is 39.3 Å². The maximum Gasteiger partial charge on any atom is 0.191 e. The van der Waals surface area contributed by atoms with Crippen molar-refractivity contribution in [2.24, 2.45) is 4.99 Å². The standard InChI is InChI=1S/C22H29N3O4.HI/c1-5-23-21(24-14-22(4,26)19-11-8-12-28-19)25-15(3)18-13-16-9-7-10-17(27-6-2)20(16)29-18;/h7-13,15,26H,5-6,14H2,1-4H3,(H2,23,24,25);1H. The molecular weight excluding hydrogens is 497 g/mol. The molecule has 1 aromatic carbocycles. The summed E-state index contributed by atoms with van der Waals surface area (Å²) in [7, 11) is 0. The molecule has 2 atom stereocenters. The molecule has 0 radical (unpaired) electrons. The van der Waals surface area contributed by atoms with Gasteiger partial charge in [-0.25, -0.2) is 4.99 Å². The molecule has 2 unspecified atom stereocenters. The molecule has 30 heavy (non-hydrogen) atoms. The van der Waals surface area contributed by atoms with Crippen LogP contribution in [0.2, 0.25) is 0 Å². The number of nitrogens with zero attached hydrogens (tertiary/aromatic N) is 1. The van der Waals surface area contributed by atoms with Crippen molar-refractivity contribution in [3.8, 4) is 5.75 Å². The number of halogens is 1. The number of para-hydroxylation sites is 1. The van der Waals surface area contributed by atoms with Crippen LogP contribution in [0.15, 0.2) is 56.5 Å². The summed E-state index contributed by atoms with van der Waals surface area (Å²) in [6.45, 7) is 9.03. The minimum Gasteiger partial charge on any atom is -0.490 e. The molecule has 0 saturated carbocycles. The summed E-state index contributed by atoms with van der Waals surface area (Å²) >= 11 is 0. The van der Waals surface area contributed by atoms with Crippen molar-refractivity contribution in [3.63, 3.8) is 0 Å². The zero-order valence-electron chi connectivity index (χ0n) is 17.8. The van der Waals surface area contributed by atoms with Crippen molar-refractivity contribution in [3.05, 3.63) is 54.2 Å². The number of guanidine groups is 1. The number of hydrogen-bond donors (Lipinski definition) is 3. The lowest BCUT2D eigenvalue weighted by atomic mass is 10.0. The smallest absolute Gasteiger partial charge is 0.191 e. The van der Waals surface area contributed by atoms with Crippen LogP contribution in [-0.4, -0.2) is 30.8 Å². The molecule has 0 aliphatic heterocycles. The number of benzene rings is 1. The van der Waals surface area contributed by atoms with E-state index in [0.717, 1.165) is 22.5 Å². The fourth-order valence-corrected chi connectivity index (χ4v) is 3.03. The number of aliphatic hydroxyl groups is 1. The zero-order valence-corrected chi connectivity index (χ0v) is 20.1. The molecular formula is C22H30IN3O4. The lowest BCUT2D eigenvalue weighted by molar-refractivity contribution is 0.0436. The number of nitrogens with one attached hydrogen (secondary N) is 2. The quantitative estimate of drug-likeness (QED) is 0.226. The molecule has 164 valence electrons. The summed E-state index contributed by atoms with van der Waals surface area (Å²) in [5.41, 5.74) is -0.457. The van der Waals surface area contributed by atoms with E-state index in [1.807, 2.05) is 45.0 Å². The molecule has 0 aliphatic rings. The third-order valence-corrected chi connectivity index (χ3v) is 4.55. The molecule has 0 amide bonds. The van der Waals surface area contributed by atoms with Crippen LogP contribution >= 0.6 is 24.0 Å². The number of aliphatic imine (C=N–C) groups is 1. The van der Waals surface area contributed by atoms with Crippen molar-refractivity contribution >= 4 is 40.9 Å². The van der Waals surface area contributed by atoms with Crippen LogP contribution in [0.25, 0.3) is 11.0 Å². The Bertz CT molecular complexity index is 951. The molecule has 2 aromatic heterocycles. The van der Waals surface area contributed by atoms with Gasteiger partial charge < -0.3 is 29.3 Å². The molecule has 0 fully saturated rings. The van der Waals surface area contributed by atoms with Crippen molar-refractivity contribution in [1.29, 1.82) is 0 Å². The summed E-state index contributed by atoms with van der Waals surface area (Å²) in [5.74, 6) is 2.57. The second-order valence-electron chi connectivity index (χ2n) is 7.07. The maximum atomic E-state index is 10.6. The number of fused-ring (bicyclic) bond motifs is 1. The van der Waals surface area contributed by atoms with E-state index in [1.54, 1.807) is 19.1 Å². The highest BCUT2D eigenvalue weighted by Crippen LogP contribution is 2.31. The van der Waals surface area contributed by atoms with Gasteiger partial charge in [-0.15, -0.1) is 24.0 Å². The zero-order chi connectivity index (χ0) is 20.9. The van der Waals surface area contributed by atoms with Crippen LogP contribution in [0.3, 0.4) is 0 Å². The van der Waals surface area contributed by atoms with Gasteiger partial charge in [-0.2, -0.15) is 0 Å². The van der Waals surface area contributed by atoms with Gasteiger partial charge in [0.25, 0.3) is 0 Å². The SMILES string of the molecule is CCNC(=NCC(C)(O)c1ccco1)NC(C)c1cc2cccc(OCC)c2o1.I. The monoisotopic (exact) mass is 527 g/mol. The van der Waals surface area contributed by atoms with Crippen molar-refractivity contribution < 1.29 is 18.7 Å². The topological polar surface area (TPSA) is 92.2 Å². The van der Waals surface area contributed by atoms with Crippen LogP contribution < -0.4 is 15.4 Å². The van der Waals surface area contributed by atoms with E-state index in [1.165, 1.54) is 6.26 Å². The number of furan rings is 2. The van der Waals surface area contributed by atoms with E-state index >= 15 is 0 Å². The van der Waals surface area contributed by atoms with Gasteiger partial charge in [0.05, 0.1) is 25.5 Å². The highest BCUT2D eigenvalue weighted by atomic mass is 127. The Balaban J connectivity index is 0.00000320.